The van der Waals surface area contributed by atoms with Crippen LogP contribution in [0, 0.1) is 0 Å². The first-order valence-corrected chi connectivity index (χ1v) is 10.3. The maximum atomic E-state index is 12.8. The molecule has 1 aliphatic heterocycles. The number of carbonyl (C=O) groups is 4. The van der Waals surface area contributed by atoms with Gasteiger partial charge in [-0.2, -0.15) is 0 Å². The van der Waals surface area contributed by atoms with Gasteiger partial charge in [0.25, 0.3) is 5.91 Å². The predicted molar refractivity (Wildman–Crippen MR) is 114 cm³/mol. The molecule has 2 aromatic rings. The maximum absolute atomic E-state index is 12.8. The monoisotopic (exact) mass is 458 g/mol. The lowest BCUT2D eigenvalue weighted by molar-refractivity contribution is -0.131. The van der Waals surface area contributed by atoms with Gasteiger partial charge in [0, 0.05) is 13.2 Å². The smallest absolute Gasteiger partial charge is 0.274 e. The minimum Gasteiger partial charge on any atom is -0.382 e. The molecule has 176 valence electrons. The Morgan fingerprint density at radius 2 is 1.85 bits per heavy atom. The molecule has 3 rings (SSSR count). The van der Waals surface area contributed by atoms with E-state index < -0.39 is 42.0 Å². The molecule has 11 heteroatoms. The molecule has 3 amide bonds. The van der Waals surface area contributed by atoms with E-state index in [0.717, 1.165) is 5.56 Å². The molecule has 1 aromatic heterocycles. The summed E-state index contributed by atoms with van der Waals surface area (Å²) < 4.78 is 14.8. The number of ketones is 1. The molecule has 0 bridgehead atoms. The van der Waals surface area contributed by atoms with Gasteiger partial charge in [0.2, 0.25) is 11.8 Å². The van der Waals surface area contributed by atoms with Gasteiger partial charge in [-0.1, -0.05) is 35.5 Å². The minimum atomic E-state index is -1.06. The van der Waals surface area contributed by atoms with Crippen LogP contribution in [0.25, 0.3) is 0 Å². The number of aromatic nitrogens is 1. The van der Waals surface area contributed by atoms with Crippen LogP contribution in [0.2, 0.25) is 0 Å². The first-order valence-electron chi connectivity index (χ1n) is 10.3. The topological polar surface area (TPSA) is 152 Å². The SMILES string of the molecule is COC[C@H](NC(=O)c1ccon1)C(=O)NCC(=O)N[C@@H](Cc1ccccc1)C(=O)[C@@]1(C)CO1. The second-order valence-corrected chi connectivity index (χ2v) is 7.78. The lowest BCUT2D eigenvalue weighted by Crippen LogP contribution is -2.53. The lowest BCUT2D eigenvalue weighted by atomic mass is 9.95. The molecule has 0 spiro atoms. The van der Waals surface area contributed by atoms with Crippen LogP contribution in [-0.2, 0) is 30.3 Å². The third kappa shape index (κ3) is 6.70. The summed E-state index contributed by atoms with van der Waals surface area (Å²) in [5, 5.41) is 11.1. The summed E-state index contributed by atoms with van der Waals surface area (Å²) in [6, 6.07) is 8.73. The van der Waals surface area contributed by atoms with Crippen molar-refractivity contribution in [2.24, 2.45) is 0 Å². The minimum absolute atomic E-state index is 0.000276. The number of Topliss-reactive ketones (excluding diaryl/α,β-unsaturated/α-hetero) is 1. The Bertz CT molecular complexity index is 974. The van der Waals surface area contributed by atoms with E-state index in [1.54, 1.807) is 6.92 Å². The van der Waals surface area contributed by atoms with Crippen LogP contribution in [-0.4, -0.2) is 73.2 Å². The van der Waals surface area contributed by atoms with Gasteiger partial charge in [-0.3, -0.25) is 19.2 Å². The number of hydrogen-bond acceptors (Lipinski definition) is 8. The summed E-state index contributed by atoms with van der Waals surface area (Å²) in [6.45, 7) is 1.46. The predicted octanol–water partition coefficient (Wildman–Crippen LogP) is -0.379. The number of rotatable bonds is 12. The van der Waals surface area contributed by atoms with E-state index >= 15 is 0 Å². The zero-order chi connectivity index (χ0) is 23.8. The van der Waals surface area contributed by atoms with Crippen molar-refractivity contribution in [1.29, 1.82) is 0 Å². The Labute approximate surface area is 190 Å². The van der Waals surface area contributed by atoms with Crippen LogP contribution in [0.5, 0.6) is 0 Å². The number of nitrogens with one attached hydrogen (secondary N) is 3. The average molecular weight is 458 g/mol. The number of amides is 3. The zero-order valence-corrected chi connectivity index (χ0v) is 18.3. The molecule has 1 aromatic carbocycles. The number of hydrogen-bond donors (Lipinski definition) is 3. The van der Waals surface area contributed by atoms with Gasteiger partial charge in [-0.15, -0.1) is 0 Å². The summed E-state index contributed by atoms with van der Waals surface area (Å²) in [6.07, 6.45) is 1.52. The molecule has 0 unspecified atom stereocenters. The number of benzene rings is 1. The summed E-state index contributed by atoms with van der Waals surface area (Å²) in [5.74, 6) is -2.05. The average Bonchev–Trinajstić information content (AvgIpc) is 3.32. The molecule has 0 radical (unpaired) electrons. The van der Waals surface area contributed by atoms with Crippen molar-refractivity contribution in [1.82, 2.24) is 21.1 Å². The fourth-order valence-electron chi connectivity index (χ4n) is 3.13. The van der Waals surface area contributed by atoms with E-state index in [2.05, 4.69) is 25.6 Å². The summed E-state index contributed by atoms with van der Waals surface area (Å²) in [4.78, 5) is 50.0. The standard InChI is InChI=1S/C22H26N4O7/c1-22(13-32-22)19(28)16(10-14-6-4-3-5-7-14)24-18(27)11-23-20(29)17(12-31-2)25-21(30)15-8-9-33-26-15/h3-9,16-17H,10-13H2,1-2H3,(H,23,29)(H,24,27)(H,25,30)/t16-,17-,22+/m0/s1. The van der Waals surface area contributed by atoms with Gasteiger partial charge in [0.1, 0.15) is 17.9 Å². The highest BCUT2D eigenvalue weighted by Crippen LogP contribution is 2.29. The van der Waals surface area contributed by atoms with Crippen LogP contribution in [0.4, 0.5) is 0 Å². The molecule has 1 saturated heterocycles. The Morgan fingerprint density at radius 3 is 2.45 bits per heavy atom. The quantitative estimate of drug-likeness (QED) is 0.364. The Balaban J connectivity index is 1.56. The van der Waals surface area contributed by atoms with E-state index in [1.807, 2.05) is 30.3 Å². The number of epoxide rings is 1. The van der Waals surface area contributed by atoms with Gasteiger partial charge in [-0.25, -0.2) is 0 Å². The second kappa shape index (κ2) is 10.8. The molecule has 3 atom stereocenters. The third-order valence-electron chi connectivity index (χ3n) is 5.08. The van der Waals surface area contributed by atoms with E-state index in [9.17, 15) is 19.2 Å². The van der Waals surface area contributed by atoms with Crippen LogP contribution in [0.15, 0.2) is 47.2 Å². The normalized spacial score (nSPS) is 18.6. The van der Waals surface area contributed by atoms with Gasteiger partial charge >= 0.3 is 0 Å². The molecular formula is C22H26N4O7. The highest BCUT2D eigenvalue weighted by atomic mass is 16.6. The van der Waals surface area contributed by atoms with Crippen LogP contribution in [0.1, 0.15) is 23.0 Å². The fraction of sp³-hybridized carbons (Fsp3) is 0.409. The fourth-order valence-corrected chi connectivity index (χ4v) is 3.13. The number of carbonyl (C=O) groups excluding carboxylic acids is 4. The first kappa shape index (κ1) is 24.1. The van der Waals surface area contributed by atoms with Crippen molar-refractivity contribution in [2.45, 2.75) is 31.0 Å². The van der Waals surface area contributed by atoms with Crippen molar-refractivity contribution in [3.63, 3.8) is 0 Å². The second-order valence-electron chi connectivity index (χ2n) is 7.78. The third-order valence-corrected chi connectivity index (χ3v) is 5.08. The van der Waals surface area contributed by atoms with E-state index in [1.165, 1.54) is 19.4 Å². The highest BCUT2D eigenvalue weighted by molar-refractivity contribution is 5.98. The van der Waals surface area contributed by atoms with E-state index in [-0.39, 0.29) is 18.1 Å². The van der Waals surface area contributed by atoms with Crippen molar-refractivity contribution in [3.05, 3.63) is 53.9 Å². The van der Waals surface area contributed by atoms with Gasteiger partial charge in [-0.05, 0) is 18.9 Å². The summed E-state index contributed by atoms with van der Waals surface area (Å²) >= 11 is 0. The molecule has 3 N–H and O–H groups in total. The lowest BCUT2D eigenvalue weighted by Gasteiger charge is -2.21. The van der Waals surface area contributed by atoms with Crippen LogP contribution in [0.3, 0.4) is 0 Å². The van der Waals surface area contributed by atoms with E-state index in [0.29, 0.717) is 13.0 Å². The van der Waals surface area contributed by atoms with Gasteiger partial charge in [0.15, 0.2) is 11.5 Å². The van der Waals surface area contributed by atoms with Crippen molar-refractivity contribution in [2.75, 3.05) is 26.9 Å². The molecule has 33 heavy (non-hydrogen) atoms. The van der Waals surface area contributed by atoms with Crippen molar-refractivity contribution >= 4 is 23.5 Å². The molecule has 11 nitrogen and oxygen atoms in total. The number of nitrogens with zero attached hydrogens (tertiary/aromatic N) is 1. The van der Waals surface area contributed by atoms with Crippen molar-refractivity contribution in [3.8, 4) is 0 Å². The van der Waals surface area contributed by atoms with Gasteiger partial charge in [0.05, 0.1) is 25.8 Å². The summed E-state index contributed by atoms with van der Waals surface area (Å²) in [5.41, 5.74) is -0.0369. The summed E-state index contributed by atoms with van der Waals surface area (Å²) in [7, 11) is 1.37. The maximum Gasteiger partial charge on any atom is 0.274 e. The Hall–Kier alpha value is -3.57. The highest BCUT2D eigenvalue weighted by Gasteiger charge is 2.50. The molecular weight excluding hydrogens is 432 g/mol. The number of methoxy groups -OCH3 is 1. The van der Waals surface area contributed by atoms with Crippen LogP contribution < -0.4 is 16.0 Å². The molecule has 0 saturated carbocycles. The molecule has 1 fully saturated rings. The van der Waals surface area contributed by atoms with Gasteiger partial charge < -0.3 is 29.9 Å². The Kier molecular flexibility index (Phi) is 7.91. The Morgan fingerprint density at radius 1 is 1.12 bits per heavy atom. The van der Waals surface area contributed by atoms with Crippen LogP contribution >= 0.6 is 0 Å². The van der Waals surface area contributed by atoms with E-state index in [4.69, 9.17) is 9.47 Å². The molecule has 2 heterocycles. The largest absolute Gasteiger partial charge is 0.382 e. The molecule has 0 aliphatic carbocycles. The first-order chi connectivity index (χ1) is 15.8. The van der Waals surface area contributed by atoms with Crippen molar-refractivity contribution < 1.29 is 33.2 Å². The molecule has 1 aliphatic rings. The zero-order valence-electron chi connectivity index (χ0n) is 18.3. The number of ether oxygens (including phenoxy) is 2.